The number of halogens is 1. The van der Waals surface area contributed by atoms with E-state index in [9.17, 15) is 4.79 Å². The predicted molar refractivity (Wildman–Crippen MR) is 67.6 cm³/mol. The molecule has 4 nitrogen and oxygen atoms in total. The number of likely N-dealkylation sites (N-methyl/N-ethyl adjacent to an activating group) is 1. The summed E-state index contributed by atoms with van der Waals surface area (Å²) in [6.45, 7) is 0.517. The molecule has 0 fully saturated rings. The van der Waals surface area contributed by atoms with Gasteiger partial charge >= 0.3 is 5.97 Å². The Hall–Kier alpha value is -1.07. The lowest BCUT2D eigenvalue weighted by Gasteiger charge is -2.22. The smallest absolute Gasteiger partial charge is 0.304 e. The van der Waals surface area contributed by atoms with E-state index in [-0.39, 0.29) is 12.5 Å². The van der Waals surface area contributed by atoms with Gasteiger partial charge in [-0.3, -0.25) is 4.79 Å². The first kappa shape index (κ1) is 13.0. The maximum atomic E-state index is 10.5. The number of carbonyl (C=O) groups is 1. The third kappa shape index (κ3) is 4.20. The Morgan fingerprint density at radius 2 is 2.31 bits per heavy atom. The molecule has 88 valence electrons. The minimum Gasteiger partial charge on any atom is -0.481 e. The highest BCUT2D eigenvalue weighted by molar-refractivity contribution is 9.10. The minimum absolute atomic E-state index is 0.0155. The molecule has 0 heterocycles. The summed E-state index contributed by atoms with van der Waals surface area (Å²) in [6.07, 6.45) is -0.0155. The third-order valence-corrected chi connectivity index (χ3v) is 2.69. The van der Waals surface area contributed by atoms with Crippen molar-refractivity contribution in [2.45, 2.75) is 12.5 Å². The number of aliphatic carboxylic acids is 1. The molecule has 0 aliphatic heterocycles. The highest BCUT2D eigenvalue weighted by atomic mass is 79.9. The SMILES string of the molecule is CN(CC(N)CC(=O)O)c1cccc(Br)c1. The van der Waals surface area contributed by atoms with Crippen LogP contribution < -0.4 is 10.6 Å². The second-order valence-electron chi connectivity index (χ2n) is 3.72. The summed E-state index contributed by atoms with van der Waals surface area (Å²) in [5.74, 6) is -0.866. The molecule has 0 bridgehead atoms. The van der Waals surface area contributed by atoms with E-state index in [0.717, 1.165) is 10.2 Å². The molecule has 1 atom stereocenters. The lowest BCUT2D eigenvalue weighted by molar-refractivity contribution is -0.137. The molecule has 0 aromatic heterocycles. The third-order valence-electron chi connectivity index (χ3n) is 2.19. The van der Waals surface area contributed by atoms with E-state index in [1.165, 1.54) is 0 Å². The van der Waals surface area contributed by atoms with Gasteiger partial charge in [0.15, 0.2) is 0 Å². The van der Waals surface area contributed by atoms with Crippen LogP contribution in [0.15, 0.2) is 28.7 Å². The lowest BCUT2D eigenvalue weighted by atomic mass is 10.2. The molecular weight excluding hydrogens is 272 g/mol. The van der Waals surface area contributed by atoms with Crippen molar-refractivity contribution in [3.05, 3.63) is 28.7 Å². The summed E-state index contributed by atoms with van der Waals surface area (Å²) >= 11 is 3.38. The highest BCUT2D eigenvalue weighted by Gasteiger charge is 2.11. The van der Waals surface area contributed by atoms with E-state index in [0.29, 0.717) is 6.54 Å². The van der Waals surface area contributed by atoms with Crippen molar-refractivity contribution < 1.29 is 9.90 Å². The quantitative estimate of drug-likeness (QED) is 0.864. The Bertz CT molecular complexity index is 371. The van der Waals surface area contributed by atoms with Crippen molar-refractivity contribution in [3.63, 3.8) is 0 Å². The minimum atomic E-state index is -0.866. The molecule has 16 heavy (non-hydrogen) atoms. The van der Waals surface area contributed by atoms with Gasteiger partial charge in [0.1, 0.15) is 0 Å². The van der Waals surface area contributed by atoms with Gasteiger partial charge in [0.25, 0.3) is 0 Å². The van der Waals surface area contributed by atoms with Crippen LogP contribution in [0.1, 0.15) is 6.42 Å². The first-order valence-corrected chi connectivity index (χ1v) is 5.72. The average molecular weight is 287 g/mol. The van der Waals surface area contributed by atoms with Crippen LogP contribution in [0.3, 0.4) is 0 Å². The van der Waals surface area contributed by atoms with Gasteiger partial charge in [0, 0.05) is 29.8 Å². The number of nitrogens with zero attached hydrogens (tertiary/aromatic N) is 1. The van der Waals surface area contributed by atoms with Gasteiger partial charge < -0.3 is 15.7 Å². The molecule has 1 rings (SSSR count). The monoisotopic (exact) mass is 286 g/mol. The van der Waals surface area contributed by atoms with Gasteiger partial charge in [-0.2, -0.15) is 0 Å². The number of benzene rings is 1. The van der Waals surface area contributed by atoms with Gasteiger partial charge in [-0.15, -0.1) is 0 Å². The number of carboxylic acid groups (broad SMARTS) is 1. The van der Waals surface area contributed by atoms with Gasteiger partial charge in [-0.25, -0.2) is 0 Å². The van der Waals surface area contributed by atoms with Crippen molar-refractivity contribution >= 4 is 27.6 Å². The summed E-state index contributed by atoms with van der Waals surface area (Å²) in [5.41, 5.74) is 6.73. The fourth-order valence-electron chi connectivity index (χ4n) is 1.46. The predicted octanol–water partition coefficient (Wildman–Crippen LogP) is 1.69. The zero-order valence-electron chi connectivity index (χ0n) is 9.06. The molecular formula is C11H15BrN2O2. The summed E-state index contributed by atoms with van der Waals surface area (Å²) < 4.78 is 0.989. The van der Waals surface area contributed by atoms with E-state index in [1.807, 2.05) is 36.2 Å². The lowest BCUT2D eigenvalue weighted by Crippen LogP contribution is -2.36. The Morgan fingerprint density at radius 3 is 2.88 bits per heavy atom. The molecule has 0 saturated heterocycles. The second-order valence-corrected chi connectivity index (χ2v) is 4.63. The van der Waals surface area contributed by atoms with Crippen LogP contribution in [0.5, 0.6) is 0 Å². The van der Waals surface area contributed by atoms with Gasteiger partial charge in [0.2, 0.25) is 0 Å². The van der Waals surface area contributed by atoms with E-state index in [1.54, 1.807) is 0 Å². The Kier molecular flexibility index (Phi) is 4.76. The number of anilines is 1. The molecule has 0 spiro atoms. The van der Waals surface area contributed by atoms with Crippen molar-refractivity contribution in [2.24, 2.45) is 5.73 Å². The average Bonchev–Trinajstić information content (AvgIpc) is 2.16. The van der Waals surface area contributed by atoms with Crippen molar-refractivity contribution in [3.8, 4) is 0 Å². The maximum Gasteiger partial charge on any atom is 0.304 e. The zero-order chi connectivity index (χ0) is 12.1. The van der Waals surface area contributed by atoms with Crippen LogP contribution in [0.4, 0.5) is 5.69 Å². The number of hydrogen-bond acceptors (Lipinski definition) is 3. The molecule has 0 saturated carbocycles. The van der Waals surface area contributed by atoms with Crippen LogP contribution in [-0.4, -0.2) is 30.7 Å². The van der Waals surface area contributed by atoms with Crippen LogP contribution in [0, 0.1) is 0 Å². The van der Waals surface area contributed by atoms with Crippen LogP contribution in [0.2, 0.25) is 0 Å². The van der Waals surface area contributed by atoms with Gasteiger partial charge in [-0.05, 0) is 18.2 Å². The fourth-order valence-corrected chi connectivity index (χ4v) is 1.85. The molecule has 0 aliphatic carbocycles. The molecule has 1 aromatic carbocycles. The van der Waals surface area contributed by atoms with Crippen LogP contribution in [0.25, 0.3) is 0 Å². The largest absolute Gasteiger partial charge is 0.481 e. The van der Waals surface area contributed by atoms with E-state index >= 15 is 0 Å². The summed E-state index contributed by atoms with van der Waals surface area (Å²) in [5, 5.41) is 8.61. The zero-order valence-corrected chi connectivity index (χ0v) is 10.6. The second kappa shape index (κ2) is 5.86. The summed E-state index contributed by atoms with van der Waals surface area (Å²) in [7, 11) is 1.89. The molecule has 1 aromatic rings. The Balaban J connectivity index is 2.58. The summed E-state index contributed by atoms with van der Waals surface area (Å²) in [6, 6.07) is 7.43. The first-order valence-electron chi connectivity index (χ1n) is 4.93. The molecule has 1 unspecified atom stereocenters. The Morgan fingerprint density at radius 1 is 1.62 bits per heavy atom. The van der Waals surface area contributed by atoms with Crippen molar-refractivity contribution in [2.75, 3.05) is 18.5 Å². The molecule has 3 N–H and O–H groups in total. The number of rotatable bonds is 5. The van der Waals surface area contributed by atoms with Crippen LogP contribution >= 0.6 is 15.9 Å². The summed E-state index contributed by atoms with van der Waals surface area (Å²) in [4.78, 5) is 12.4. The number of hydrogen-bond donors (Lipinski definition) is 2. The van der Waals surface area contributed by atoms with Gasteiger partial charge in [-0.1, -0.05) is 22.0 Å². The highest BCUT2D eigenvalue weighted by Crippen LogP contribution is 2.18. The number of nitrogens with two attached hydrogens (primary N) is 1. The molecule has 0 aliphatic rings. The fraction of sp³-hybridized carbons (Fsp3) is 0.364. The van der Waals surface area contributed by atoms with E-state index < -0.39 is 5.97 Å². The topological polar surface area (TPSA) is 66.6 Å². The molecule has 5 heteroatoms. The standard InChI is InChI=1S/C11H15BrN2O2/c1-14(7-9(13)6-11(15)16)10-4-2-3-8(12)5-10/h2-5,9H,6-7,13H2,1H3,(H,15,16). The van der Waals surface area contributed by atoms with Crippen molar-refractivity contribution in [1.29, 1.82) is 0 Å². The number of carboxylic acids is 1. The maximum absolute atomic E-state index is 10.5. The van der Waals surface area contributed by atoms with Gasteiger partial charge in [0.05, 0.1) is 6.42 Å². The van der Waals surface area contributed by atoms with Crippen molar-refractivity contribution in [1.82, 2.24) is 0 Å². The molecule has 0 amide bonds. The first-order chi connectivity index (χ1) is 7.49. The van der Waals surface area contributed by atoms with E-state index in [2.05, 4.69) is 15.9 Å². The van der Waals surface area contributed by atoms with E-state index in [4.69, 9.17) is 10.8 Å². The Labute approximate surface area is 103 Å². The molecule has 0 radical (unpaired) electrons. The normalized spacial score (nSPS) is 12.2. The van der Waals surface area contributed by atoms with Crippen LogP contribution in [-0.2, 0) is 4.79 Å².